The third kappa shape index (κ3) is 6.50. The topological polar surface area (TPSA) is 66.8 Å². The van der Waals surface area contributed by atoms with Crippen molar-refractivity contribution < 1.29 is 19.4 Å². The molecule has 2 aromatic rings. The van der Waals surface area contributed by atoms with Crippen LogP contribution in [0.5, 0.6) is 0 Å². The Balaban J connectivity index is 0.000000397. The van der Waals surface area contributed by atoms with Gasteiger partial charge in [-0.15, -0.1) is 0 Å². The Morgan fingerprint density at radius 3 is 2.18 bits per heavy atom. The van der Waals surface area contributed by atoms with Crippen LogP contribution in [0.4, 0.5) is 4.79 Å². The molecule has 2 atom stereocenters. The molecular formula is C23H29NO4. The Bertz CT molecular complexity index is 703. The van der Waals surface area contributed by atoms with Gasteiger partial charge in [-0.3, -0.25) is 4.79 Å². The lowest BCUT2D eigenvalue weighted by molar-refractivity contribution is 0.00759. The first-order valence-corrected chi connectivity index (χ1v) is 9.72. The molecule has 1 N–H and O–H groups in total. The van der Waals surface area contributed by atoms with E-state index in [4.69, 9.17) is 9.84 Å². The van der Waals surface area contributed by atoms with Crippen LogP contribution in [-0.4, -0.2) is 41.1 Å². The predicted octanol–water partition coefficient (Wildman–Crippen LogP) is 4.62. The molecule has 5 nitrogen and oxygen atoms in total. The third-order valence-corrected chi connectivity index (χ3v) is 4.81. The van der Waals surface area contributed by atoms with Gasteiger partial charge in [0, 0.05) is 25.1 Å². The molecule has 1 heterocycles. The zero-order valence-corrected chi connectivity index (χ0v) is 16.6. The van der Waals surface area contributed by atoms with E-state index in [9.17, 15) is 9.59 Å². The number of Topliss-reactive ketones (excluding diaryl/α,β-unsaturated/α-hetero) is 1. The first kappa shape index (κ1) is 21.6. The first-order chi connectivity index (χ1) is 13.5. The maximum Gasteiger partial charge on any atom is 0.410 e. The van der Waals surface area contributed by atoms with Gasteiger partial charge in [-0.2, -0.15) is 0 Å². The van der Waals surface area contributed by atoms with Crippen molar-refractivity contribution in [3.05, 3.63) is 71.8 Å². The lowest BCUT2D eigenvalue weighted by Crippen LogP contribution is -2.43. The highest BCUT2D eigenvalue weighted by Crippen LogP contribution is 2.26. The Morgan fingerprint density at radius 2 is 1.71 bits per heavy atom. The second kappa shape index (κ2) is 11.2. The van der Waals surface area contributed by atoms with Gasteiger partial charge in [0.1, 0.15) is 6.10 Å². The van der Waals surface area contributed by atoms with Crippen LogP contribution in [0.25, 0.3) is 0 Å². The third-order valence-electron chi connectivity index (χ3n) is 4.81. The summed E-state index contributed by atoms with van der Waals surface area (Å²) in [6.45, 7) is 4.26. The summed E-state index contributed by atoms with van der Waals surface area (Å²) >= 11 is 0. The van der Waals surface area contributed by atoms with Crippen LogP contribution in [-0.2, 0) is 4.74 Å². The van der Waals surface area contributed by atoms with Gasteiger partial charge in [0.05, 0.1) is 6.04 Å². The van der Waals surface area contributed by atoms with Crippen molar-refractivity contribution in [3.63, 3.8) is 0 Å². The summed E-state index contributed by atoms with van der Waals surface area (Å²) in [6.07, 6.45) is 1.74. The average Bonchev–Trinajstić information content (AvgIpc) is 2.73. The minimum absolute atomic E-state index is 0.0308. The number of rotatable bonds is 6. The number of carbonyl (C=O) groups excluding carboxylic acids is 2. The molecular weight excluding hydrogens is 354 g/mol. The van der Waals surface area contributed by atoms with E-state index in [0.717, 1.165) is 12.0 Å². The predicted molar refractivity (Wildman–Crippen MR) is 109 cm³/mol. The number of hydrogen-bond donors (Lipinski definition) is 1. The number of amides is 1. The summed E-state index contributed by atoms with van der Waals surface area (Å²) < 4.78 is 5.43. The van der Waals surface area contributed by atoms with Gasteiger partial charge in [-0.05, 0) is 32.3 Å². The van der Waals surface area contributed by atoms with Crippen LogP contribution in [0.2, 0.25) is 0 Å². The van der Waals surface area contributed by atoms with Gasteiger partial charge in [0.15, 0.2) is 5.78 Å². The summed E-state index contributed by atoms with van der Waals surface area (Å²) in [7, 11) is 0. The quantitative estimate of drug-likeness (QED) is 0.739. The van der Waals surface area contributed by atoms with Crippen molar-refractivity contribution in [3.8, 4) is 0 Å². The van der Waals surface area contributed by atoms with Crippen LogP contribution < -0.4 is 0 Å². The lowest BCUT2D eigenvalue weighted by Gasteiger charge is -2.35. The molecule has 0 radical (unpaired) electrons. The fraction of sp³-hybridized carbons (Fsp3) is 0.391. The zero-order valence-electron chi connectivity index (χ0n) is 16.6. The summed E-state index contributed by atoms with van der Waals surface area (Å²) in [5, 5.41) is 8.84. The molecule has 1 fully saturated rings. The van der Waals surface area contributed by atoms with Gasteiger partial charge in [-0.25, -0.2) is 4.79 Å². The number of cyclic esters (lactones) is 1. The van der Waals surface area contributed by atoms with Crippen molar-refractivity contribution in [2.24, 2.45) is 0 Å². The van der Waals surface area contributed by atoms with Crippen molar-refractivity contribution in [2.45, 2.75) is 45.3 Å². The number of hydrogen-bond acceptors (Lipinski definition) is 4. The molecule has 0 spiro atoms. The Labute approximate surface area is 166 Å². The highest BCUT2D eigenvalue weighted by molar-refractivity contribution is 5.94. The SMILES string of the molecule is CC(=O)c1ccc(C(C)N2CCC(CCCO)OC2=O)cc1.c1ccccc1. The molecule has 28 heavy (non-hydrogen) atoms. The van der Waals surface area contributed by atoms with Crippen LogP contribution in [0.1, 0.15) is 55.1 Å². The van der Waals surface area contributed by atoms with Crippen molar-refractivity contribution in [1.29, 1.82) is 0 Å². The molecule has 3 rings (SSSR count). The number of nitrogens with zero attached hydrogens (tertiary/aromatic N) is 1. The molecule has 1 aliphatic rings. The van der Waals surface area contributed by atoms with E-state index in [1.165, 1.54) is 6.92 Å². The molecule has 0 bridgehead atoms. The van der Waals surface area contributed by atoms with Gasteiger partial charge in [-0.1, -0.05) is 60.7 Å². The van der Waals surface area contributed by atoms with Gasteiger partial charge < -0.3 is 14.7 Å². The summed E-state index contributed by atoms with van der Waals surface area (Å²) in [6, 6.07) is 19.2. The van der Waals surface area contributed by atoms with Crippen molar-refractivity contribution >= 4 is 11.9 Å². The molecule has 0 aliphatic carbocycles. The molecule has 1 saturated heterocycles. The molecule has 0 aromatic heterocycles. The van der Waals surface area contributed by atoms with Gasteiger partial charge >= 0.3 is 6.09 Å². The molecule has 2 unspecified atom stereocenters. The van der Waals surface area contributed by atoms with Crippen molar-refractivity contribution in [1.82, 2.24) is 4.90 Å². The molecule has 5 heteroatoms. The number of ketones is 1. The van der Waals surface area contributed by atoms with E-state index in [1.54, 1.807) is 17.0 Å². The van der Waals surface area contributed by atoms with Gasteiger partial charge in [0.2, 0.25) is 0 Å². The lowest BCUT2D eigenvalue weighted by atomic mass is 10.0. The Hall–Kier alpha value is -2.66. The molecule has 1 aliphatic heterocycles. The largest absolute Gasteiger partial charge is 0.446 e. The smallest absolute Gasteiger partial charge is 0.410 e. The second-order valence-corrected chi connectivity index (χ2v) is 6.86. The fourth-order valence-electron chi connectivity index (χ4n) is 3.08. The zero-order chi connectivity index (χ0) is 20.4. The van der Waals surface area contributed by atoms with E-state index < -0.39 is 0 Å². The van der Waals surface area contributed by atoms with E-state index in [1.807, 2.05) is 55.5 Å². The van der Waals surface area contributed by atoms with E-state index in [0.29, 0.717) is 24.9 Å². The normalized spacial score (nSPS) is 17.2. The minimum atomic E-state index is -0.308. The average molecular weight is 383 g/mol. The second-order valence-electron chi connectivity index (χ2n) is 6.86. The number of aliphatic hydroxyl groups excluding tert-OH is 1. The van der Waals surface area contributed by atoms with Crippen LogP contribution in [0.3, 0.4) is 0 Å². The summed E-state index contributed by atoms with van der Waals surface area (Å²) in [5.74, 6) is 0.0308. The molecule has 150 valence electrons. The highest BCUT2D eigenvalue weighted by Gasteiger charge is 2.30. The fourth-order valence-corrected chi connectivity index (χ4v) is 3.08. The summed E-state index contributed by atoms with van der Waals surface area (Å²) in [5.41, 5.74) is 1.65. The van der Waals surface area contributed by atoms with E-state index in [-0.39, 0.29) is 30.6 Å². The number of ether oxygens (including phenoxy) is 1. The molecule has 2 aromatic carbocycles. The Kier molecular flexibility index (Phi) is 8.69. The molecule has 0 saturated carbocycles. The first-order valence-electron chi connectivity index (χ1n) is 9.72. The number of aliphatic hydroxyl groups is 1. The minimum Gasteiger partial charge on any atom is -0.446 e. The maximum atomic E-state index is 12.1. The standard InChI is InChI=1S/C17H23NO4.C6H6/c1-12(14-5-7-15(8-6-14)13(2)20)18-10-9-16(4-3-11-19)22-17(18)21;1-2-4-6-5-3-1/h5-8,12,16,19H,3-4,9-11H2,1-2H3;1-6H. The van der Waals surface area contributed by atoms with Crippen LogP contribution >= 0.6 is 0 Å². The highest BCUT2D eigenvalue weighted by atomic mass is 16.6. The number of benzene rings is 2. The van der Waals surface area contributed by atoms with Crippen LogP contribution in [0.15, 0.2) is 60.7 Å². The van der Waals surface area contributed by atoms with Gasteiger partial charge in [0.25, 0.3) is 0 Å². The van der Waals surface area contributed by atoms with Crippen molar-refractivity contribution in [2.75, 3.05) is 13.2 Å². The molecule has 1 amide bonds. The monoisotopic (exact) mass is 383 g/mol. The maximum absolute atomic E-state index is 12.1. The van der Waals surface area contributed by atoms with E-state index >= 15 is 0 Å². The summed E-state index contributed by atoms with van der Waals surface area (Å²) in [4.78, 5) is 25.2. The van der Waals surface area contributed by atoms with Crippen LogP contribution in [0, 0.1) is 0 Å². The number of carbonyl (C=O) groups is 2. The van der Waals surface area contributed by atoms with E-state index in [2.05, 4.69) is 0 Å². The Morgan fingerprint density at radius 1 is 1.14 bits per heavy atom.